The predicted molar refractivity (Wildman–Crippen MR) is 73.9 cm³/mol. The number of carboxylic acids is 1. The van der Waals surface area contributed by atoms with Crippen LogP contribution in [0.5, 0.6) is 0 Å². The summed E-state index contributed by atoms with van der Waals surface area (Å²) in [4.78, 5) is 27.1. The van der Waals surface area contributed by atoms with Crippen LogP contribution in [0.15, 0.2) is 0 Å². The van der Waals surface area contributed by atoms with Gasteiger partial charge in [0.15, 0.2) is 0 Å². The van der Waals surface area contributed by atoms with Crippen LogP contribution in [0.3, 0.4) is 0 Å². The Labute approximate surface area is 115 Å². The number of hydrogen-bond acceptors (Lipinski definition) is 2. The van der Waals surface area contributed by atoms with Crippen LogP contribution in [-0.4, -0.2) is 52.6 Å². The molecular formula is C14H26N2O3. The average Bonchev–Trinajstić information content (AvgIpc) is 2.66. The fourth-order valence-electron chi connectivity index (χ4n) is 2.53. The van der Waals surface area contributed by atoms with Gasteiger partial charge in [-0.25, -0.2) is 4.79 Å². The van der Waals surface area contributed by atoms with Crippen molar-refractivity contribution in [1.82, 2.24) is 9.80 Å². The number of carbonyl (C=O) groups is 2. The van der Waals surface area contributed by atoms with Gasteiger partial charge in [-0.2, -0.15) is 0 Å². The zero-order valence-electron chi connectivity index (χ0n) is 12.6. The van der Waals surface area contributed by atoms with Gasteiger partial charge in [0.1, 0.15) is 0 Å². The third kappa shape index (κ3) is 3.85. The lowest BCUT2D eigenvalue weighted by atomic mass is 9.99. The number of aliphatic carboxylic acids is 1. The van der Waals surface area contributed by atoms with Gasteiger partial charge in [-0.05, 0) is 25.7 Å². The van der Waals surface area contributed by atoms with Crippen molar-refractivity contribution in [2.45, 2.75) is 40.7 Å². The van der Waals surface area contributed by atoms with Gasteiger partial charge < -0.3 is 14.9 Å². The molecule has 0 aliphatic carbocycles. The second-order valence-electron chi connectivity index (χ2n) is 6.25. The number of carboxylic acid groups (broad SMARTS) is 1. The summed E-state index contributed by atoms with van der Waals surface area (Å²) in [6.07, 6.45) is 0. The highest BCUT2D eigenvalue weighted by molar-refractivity contribution is 5.78. The quantitative estimate of drug-likeness (QED) is 0.851. The Morgan fingerprint density at radius 2 is 1.84 bits per heavy atom. The van der Waals surface area contributed by atoms with E-state index in [-0.39, 0.29) is 18.0 Å². The molecule has 0 radical (unpaired) electrons. The van der Waals surface area contributed by atoms with Gasteiger partial charge in [-0.1, -0.05) is 20.8 Å². The summed E-state index contributed by atoms with van der Waals surface area (Å²) in [7, 11) is 0. The van der Waals surface area contributed by atoms with Crippen molar-refractivity contribution in [3.05, 3.63) is 0 Å². The van der Waals surface area contributed by atoms with Crippen LogP contribution < -0.4 is 0 Å². The third-order valence-corrected chi connectivity index (χ3v) is 3.63. The van der Waals surface area contributed by atoms with Crippen LogP contribution >= 0.6 is 0 Å². The zero-order valence-corrected chi connectivity index (χ0v) is 12.6. The fraction of sp³-hybridized carbons (Fsp3) is 0.857. The van der Waals surface area contributed by atoms with Crippen molar-refractivity contribution in [2.75, 3.05) is 19.6 Å². The van der Waals surface area contributed by atoms with Crippen LogP contribution in [0.25, 0.3) is 0 Å². The van der Waals surface area contributed by atoms with Gasteiger partial charge in [0.2, 0.25) is 0 Å². The van der Waals surface area contributed by atoms with Gasteiger partial charge >= 0.3 is 12.0 Å². The second-order valence-corrected chi connectivity index (χ2v) is 6.25. The maximum atomic E-state index is 12.5. The molecule has 0 aromatic heterocycles. The summed E-state index contributed by atoms with van der Waals surface area (Å²) in [5.74, 6) is -0.809. The number of carbonyl (C=O) groups excluding carboxylic acids is 1. The van der Waals surface area contributed by atoms with Gasteiger partial charge in [0.05, 0.1) is 5.92 Å². The van der Waals surface area contributed by atoms with E-state index in [0.29, 0.717) is 25.6 Å². The minimum atomic E-state index is -0.803. The molecular weight excluding hydrogens is 244 g/mol. The highest BCUT2D eigenvalue weighted by Crippen LogP contribution is 2.24. The topological polar surface area (TPSA) is 60.9 Å². The number of rotatable bonds is 4. The molecule has 2 unspecified atom stereocenters. The van der Waals surface area contributed by atoms with Crippen LogP contribution in [-0.2, 0) is 4.79 Å². The van der Waals surface area contributed by atoms with Gasteiger partial charge in [-0.15, -0.1) is 0 Å². The average molecular weight is 270 g/mol. The van der Waals surface area contributed by atoms with Crippen molar-refractivity contribution in [2.24, 2.45) is 17.8 Å². The van der Waals surface area contributed by atoms with Crippen molar-refractivity contribution in [1.29, 1.82) is 0 Å². The lowest BCUT2D eigenvalue weighted by Gasteiger charge is -2.32. The van der Waals surface area contributed by atoms with Crippen molar-refractivity contribution < 1.29 is 14.7 Å². The van der Waals surface area contributed by atoms with Crippen LogP contribution in [0.1, 0.15) is 34.6 Å². The molecule has 1 N–H and O–H groups in total. The summed E-state index contributed by atoms with van der Waals surface area (Å²) in [6, 6.07) is 0.105. The molecule has 0 aromatic carbocycles. The lowest BCUT2D eigenvalue weighted by Crippen LogP contribution is -2.47. The second kappa shape index (κ2) is 6.26. The first-order valence-corrected chi connectivity index (χ1v) is 7.02. The largest absolute Gasteiger partial charge is 0.481 e. The van der Waals surface area contributed by atoms with Gasteiger partial charge in [0, 0.05) is 25.7 Å². The maximum Gasteiger partial charge on any atom is 0.320 e. The Bertz CT molecular complexity index is 342. The minimum Gasteiger partial charge on any atom is -0.481 e. The Morgan fingerprint density at radius 1 is 1.26 bits per heavy atom. The van der Waals surface area contributed by atoms with Crippen molar-refractivity contribution in [3.8, 4) is 0 Å². The molecule has 5 nitrogen and oxygen atoms in total. The summed E-state index contributed by atoms with van der Waals surface area (Å²) in [5, 5.41) is 9.12. The van der Waals surface area contributed by atoms with E-state index in [2.05, 4.69) is 13.8 Å². The first-order chi connectivity index (χ1) is 8.73. The Kier molecular flexibility index (Phi) is 5.20. The van der Waals surface area contributed by atoms with Crippen molar-refractivity contribution >= 4 is 12.0 Å². The van der Waals surface area contributed by atoms with Gasteiger partial charge in [0.25, 0.3) is 0 Å². The van der Waals surface area contributed by atoms with E-state index in [4.69, 9.17) is 5.11 Å². The van der Waals surface area contributed by atoms with E-state index >= 15 is 0 Å². The first kappa shape index (κ1) is 15.8. The smallest absolute Gasteiger partial charge is 0.320 e. The molecule has 5 heteroatoms. The first-order valence-electron chi connectivity index (χ1n) is 7.02. The fourth-order valence-corrected chi connectivity index (χ4v) is 2.53. The Hall–Kier alpha value is -1.26. The van der Waals surface area contributed by atoms with Gasteiger partial charge in [-0.3, -0.25) is 4.79 Å². The molecule has 0 aromatic rings. The number of amides is 2. The molecule has 2 atom stereocenters. The molecule has 1 fully saturated rings. The molecule has 0 saturated carbocycles. The molecule has 2 amide bonds. The van der Waals surface area contributed by atoms with E-state index in [1.807, 2.05) is 25.7 Å². The number of nitrogens with zero attached hydrogens (tertiary/aromatic N) is 2. The standard InChI is InChI=1S/C14H26N2O3/c1-9(2)6-16(10(3)4)14(19)15-7-11(5)12(8-15)13(17)18/h9-12H,6-8H2,1-5H3,(H,17,18). The maximum absolute atomic E-state index is 12.5. The minimum absolute atomic E-state index is 0.0227. The van der Waals surface area contributed by atoms with Crippen LogP contribution in [0.4, 0.5) is 4.79 Å². The molecule has 19 heavy (non-hydrogen) atoms. The third-order valence-electron chi connectivity index (χ3n) is 3.63. The number of likely N-dealkylation sites (tertiary alicyclic amines) is 1. The molecule has 0 spiro atoms. The zero-order chi connectivity index (χ0) is 14.7. The van der Waals surface area contributed by atoms with E-state index in [1.165, 1.54) is 0 Å². The molecule has 1 rings (SSSR count). The highest BCUT2D eigenvalue weighted by atomic mass is 16.4. The van der Waals surface area contributed by atoms with E-state index < -0.39 is 11.9 Å². The Morgan fingerprint density at radius 3 is 2.21 bits per heavy atom. The van der Waals surface area contributed by atoms with E-state index in [0.717, 1.165) is 0 Å². The molecule has 0 bridgehead atoms. The summed E-state index contributed by atoms with van der Waals surface area (Å²) < 4.78 is 0. The summed E-state index contributed by atoms with van der Waals surface area (Å²) >= 11 is 0. The van der Waals surface area contributed by atoms with Crippen LogP contribution in [0.2, 0.25) is 0 Å². The summed E-state index contributed by atoms with van der Waals surface area (Å²) in [5.41, 5.74) is 0. The monoisotopic (exact) mass is 270 g/mol. The predicted octanol–water partition coefficient (Wildman–Crippen LogP) is 2.13. The van der Waals surface area contributed by atoms with Crippen LogP contribution in [0, 0.1) is 17.8 Å². The number of hydrogen-bond donors (Lipinski definition) is 1. The molecule has 1 aliphatic rings. The molecule has 1 saturated heterocycles. The SMILES string of the molecule is CC(C)CN(C(=O)N1CC(C)C(C(=O)O)C1)C(C)C. The normalized spacial score (nSPS) is 23.2. The van der Waals surface area contributed by atoms with E-state index in [1.54, 1.807) is 4.90 Å². The highest BCUT2D eigenvalue weighted by Gasteiger charge is 2.38. The Balaban J connectivity index is 2.74. The van der Waals surface area contributed by atoms with E-state index in [9.17, 15) is 9.59 Å². The number of urea groups is 1. The molecule has 1 heterocycles. The molecule has 1 aliphatic heterocycles. The molecule has 110 valence electrons. The summed E-state index contributed by atoms with van der Waals surface area (Å²) in [6.45, 7) is 11.6. The lowest BCUT2D eigenvalue weighted by molar-refractivity contribution is -0.142. The van der Waals surface area contributed by atoms with Crippen molar-refractivity contribution in [3.63, 3.8) is 0 Å².